The zero-order chi connectivity index (χ0) is 12.0. The van der Waals surface area contributed by atoms with Crippen molar-refractivity contribution in [3.8, 4) is 0 Å². The van der Waals surface area contributed by atoms with E-state index < -0.39 is 5.60 Å². The number of hydrogen-bond acceptors (Lipinski definition) is 3. The van der Waals surface area contributed by atoms with Crippen molar-refractivity contribution in [2.75, 3.05) is 6.54 Å². The number of nitrogens with one attached hydrogen (secondary N) is 1. The van der Waals surface area contributed by atoms with Crippen LogP contribution in [-0.4, -0.2) is 27.8 Å². The maximum absolute atomic E-state index is 11.3. The standard InChI is InChI=1S/C11H19N3O2/c1-11(2,3)16-10(15)13-5-4-7-14-8-6-12-9-14/h6,8-9H,4-5,7H2,1-3H3,(H,13,15). The van der Waals surface area contributed by atoms with Crippen molar-refractivity contribution in [1.82, 2.24) is 14.9 Å². The number of ether oxygens (including phenoxy) is 1. The van der Waals surface area contributed by atoms with E-state index in [2.05, 4.69) is 10.3 Å². The summed E-state index contributed by atoms with van der Waals surface area (Å²) in [6.07, 6.45) is 5.89. The number of rotatable bonds is 4. The summed E-state index contributed by atoms with van der Waals surface area (Å²) in [5, 5.41) is 2.71. The van der Waals surface area contributed by atoms with Gasteiger partial charge in [-0.25, -0.2) is 9.78 Å². The molecule has 0 radical (unpaired) electrons. The zero-order valence-corrected chi connectivity index (χ0v) is 10.1. The molecule has 16 heavy (non-hydrogen) atoms. The molecule has 0 aliphatic heterocycles. The molecule has 0 saturated carbocycles. The van der Waals surface area contributed by atoms with Crippen LogP contribution in [0.2, 0.25) is 0 Å². The van der Waals surface area contributed by atoms with Crippen LogP contribution in [0.3, 0.4) is 0 Å². The van der Waals surface area contributed by atoms with E-state index in [1.807, 2.05) is 31.5 Å². The number of carbonyl (C=O) groups is 1. The molecule has 5 nitrogen and oxygen atoms in total. The highest BCUT2D eigenvalue weighted by Gasteiger charge is 2.15. The molecule has 1 N–H and O–H groups in total. The van der Waals surface area contributed by atoms with Crippen LogP contribution in [-0.2, 0) is 11.3 Å². The molecule has 0 unspecified atom stereocenters. The number of aryl methyl sites for hydroxylation is 1. The van der Waals surface area contributed by atoms with E-state index in [9.17, 15) is 4.79 Å². The highest BCUT2D eigenvalue weighted by atomic mass is 16.6. The molecule has 1 rings (SSSR count). The Hall–Kier alpha value is -1.52. The first kappa shape index (κ1) is 12.5. The van der Waals surface area contributed by atoms with Crippen LogP contribution in [0.25, 0.3) is 0 Å². The highest BCUT2D eigenvalue weighted by molar-refractivity contribution is 5.67. The predicted molar refractivity (Wildman–Crippen MR) is 61.1 cm³/mol. The smallest absolute Gasteiger partial charge is 0.407 e. The summed E-state index contributed by atoms with van der Waals surface area (Å²) in [5.41, 5.74) is -0.436. The Kier molecular flexibility index (Phi) is 4.34. The lowest BCUT2D eigenvalue weighted by Gasteiger charge is -2.19. The fourth-order valence-electron chi connectivity index (χ4n) is 1.19. The van der Waals surface area contributed by atoms with Gasteiger partial charge in [-0.2, -0.15) is 0 Å². The molecule has 0 spiro atoms. The van der Waals surface area contributed by atoms with Crippen molar-refractivity contribution < 1.29 is 9.53 Å². The van der Waals surface area contributed by atoms with Gasteiger partial charge in [0.15, 0.2) is 0 Å². The Bertz CT molecular complexity index is 314. The number of alkyl carbamates (subject to hydrolysis) is 1. The number of carbonyl (C=O) groups excluding carboxylic acids is 1. The van der Waals surface area contributed by atoms with Gasteiger partial charge in [0.25, 0.3) is 0 Å². The second kappa shape index (κ2) is 5.53. The van der Waals surface area contributed by atoms with Gasteiger partial charge in [0.2, 0.25) is 0 Å². The maximum atomic E-state index is 11.3. The molecule has 0 aliphatic rings. The average molecular weight is 225 g/mol. The highest BCUT2D eigenvalue weighted by Crippen LogP contribution is 2.06. The van der Waals surface area contributed by atoms with Gasteiger partial charge in [0.05, 0.1) is 6.33 Å². The van der Waals surface area contributed by atoms with Gasteiger partial charge in [0, 0.05) is 25.5 Å². The molecule has 0 atom stereocenters. The quantitative estimate of drug-likeness (QED) is 0.795. The van der Waals surface area contributed by atoms with Gasteiger partial charge in [0.1, 0.15) is 5.60 Å². The Morgan fingerprint density at radius 2 is 2.25 bits per heavy atom. The summed E-state index contributed by atoms with van der Waals surface area (Å²) in [5.74, 6) is 0. The van der Waals surface area contributed by atoms with E-state index in [0.717, 1.165) is 13.0 Å². The second-order valence-electron chi connectivity index (χ2n) is 4.58. The summed E-state index contributed by atoms with van der Waals surface area (Å²) >= 11 is 0. The van der Waals surface area contributed by atoms with Crippen LogP contribution in [0.4, 0.5) is 4.79 Å². The van der Waals surface area contributed by atoms with Crippen LogP contribution in [0.15, 0.2) is 18.7 Å². The van der Waals surface area contributed by atoms with E-state index in [1.54, 1.807) is 12.5 Å². The van der Waals surface area contributed by atoms with Gasteiger partial charge in [-0.05, 0) is 27.2 Å². The molecule has 0 aromatic carbocycles. The Balaban J connectivity index is 2.09. The molecular formula is C11H19N3O2. The first-order valence-corrected chi connectivity index (χ1v) is 5.40. The fraction of sp³-hybridized carbons (Fsp3) is 0.636. The van der Waals surface area contributed by atoms with Crippen molar-refractivity contribution in [1.29, 1.82) is 0 Å². The lowest BCUT2D eigenvalue weighted by Crippen LogP contribution is -2.33. The van der Waals surface area contributed by atoms with Crippen molar-refractivity contribution in [3.05, 3.63) is 18.7 Å². The second-order valence-corrected chi connectivity index (χ2v) is 4.58. The number of hydrogen-bond donors (Lipinski definition) is 1. The molecule has 1 aromatic heterocycles. The Morgan fingerprint density at radius 1 is 1.50 bits per heavy atom. The number of imidazole rings is 1. The van der Waals surface area contributed by atoms with Gasteiger partial charge in [-0.3, -0.25) is 0 Å². The maximum Gasteiger partial charge on any atom is 0.407 e. The SMILES string of the molecule is CC(C)(C)OC(=O)NCCCn1ccnc1. The first-order chi connectivity index (χ1) is 7.47. The van der Waals surface area contributed by atoms with E-state index >= 15 is 0 Å². The van der Waals surface area contributed by atoms with Crippen LogP contribution in [0.1, 0.15) is 27.2 Å². The van der Waals surface area contributed by atoms with Gasteiger partial charge in [-0.1, -0.05) is 0 Å². The molecule has 0 aliphatic carbocycles. The van der Waals surface area contributed by atoms with E-state index in [-0.39, 0.29) is 6.09 Å². The molecule has 1 heterocycles. The third-order valence-electron chi connectivity index (χ3n) is 1.82. The fourth-order valence-corrected chi connectivity index (χ4v) is 1.19. The Morgan fingerprint density at radius 3 is 2.81 bits per heavy atom. The minimum atomic E-state index is -0.436. The minimum Gasteiger partial charge on any atom is -0.444 e. The van der Waals surface area contributed by atoms with Crippen molar-refractivity contribution in [2.45, 2.75) is 39.3 Å². The molecule has 0 saturated heterocycles. The van der Waals surface area contributed by atoms with Gasteiger partial charge in [-0.15, -0.1) is 0 Å². The molecular weight excluding hydrogens is 206 g/mol. The van der Waals surface area contributed by atoms with E-state index in [0.29, 0.717) is 6.54 Å². The summed E-state index contributed by atoms with van der Waals surface area (Å²) in [7, 11) is 0. The molecule has 1 aromatic rings. The molecule has 5 heteroatoms. The summed E-state index contributed by atoms with van der Waals surface area (Å²) in [4.78, 5) is 15.2. The average Bonchev–Trinajstić information content (AvgIpc) is 2.62. The number of aromatic nitrogens is 2. The van der Waals surface area contributed by atoms with Crippen LogP contribution < -0.4 is 5.32 Å². The van der Waals surface area contributed by atoms with Crippen molar-refractivity contribution >= 4 is 6.09 Å². The largest absolute Gasteiger partial charge is 0.444 e. The molecule has 90 valence electrons. The molecule has 1 amide bonds. The first-order valence-electron chi connectivity index (χ1n) is 5.40. The normalized spacial score (nSPS) is 11.2. The van der Waals surface area contributed by atoms with Crippen LogP contribution in [0, 0.1) is 0 Å². The van der Waals surface area contributed by atoms with Crippen LogP contribution in [0.5, 0.6) is 0 Å². The molecule has 0 fully saturated rings. The van der Waals surface area contributed by atoms with E-state index in [4.69, 9.17) is 4.74 Å². The number of amides is 1. The van der Waals surface area contributed by atoms with Gasteiger partial charge < -0.3 is 14.6 Å². The summed E-state index contributed by atoms with van der Waals surface area (Å²) in [6, 6.07) is 0. The summed E-state index contributed by atoms with van der Waals surface area (Å²) in [6.45, 7) is 6.98. The van der Waals surface area contributed by atoms with Crippen molar-refractivity contribution in [2.24, 2.45) is 0 Å². The molecule has 0 bridgehead atoms. The third-order valence-corrected chi connectivity index (χ3v) is 1.82. The van der Waals surface area contributed by atoms with Gasteiger partial charge >= 0.3 is 6.09 Å². The zero-order valence-electron chi connectivity index (χ0n) is 10.1. The minimum absolute atomic E-state index is 0.363. The lowest BCUT2D eigenvalue weighted by atomic mass is 10.2. The number of nitrogens with zero attached hydrogens (tertiary/aromatic N) is 2. The third kappa shape index (κ3) is 5.38. The lowest BCUT2D eigenvalue weighted by molar-refractivity contribution is 0.0526. The topological polar surface area (TPSA) is 56.1 Å². The predicted octanol–water partition coefficient (Wildman–Crippen LogP) is 1.80. The van der Waals surface area contributed by atoms with E-state index in [1.165, 1.54) is 0 Å². The van der Waals surface area contributed by atoms with Crippen LogP contribution >= 0.6 is 0 Å². The van der Waals surface area contributed by atoms with Crippen molar-refractivity contribution in [3.63, 3.8) is 0 Å². The summed E-state index contributed by atoms with van der Waals surface area (Å²) < 4.78 is 7.07. The Labute approximate surface area is 95.8 Å². The monoisotopic (exact) mass is 225 g/mol.